The number of piperazine rings is 1. The summed E-state index contributed by atoms with van der Waals surface area (Å²) in [5, 5.41) is 2.87. The van der Waals surface area contributed by atoms with Crippen LogP contribution in [0.3, 0.4) is 0 Å². The van der Waals surface area contributed by atoms with Gasteiger partial charge < -0.3 is 10.2 Å². The van der Waals surface area contributed by atoms with E-state index in [1.165, 1.54) is 11.8 Å². The van der Waals surface area contributed by atoms with Gasteiger partial charge in [-0.25, -0.2) is 4.31 Å². The number of Topliss-reactive ketones (excluding diaryl/α,β-unsaturated/α-hetero) is 1. The molecule has 0 radical (unpaired) electrons. The lowest BCUT2D eigenvalue weighted by molar-refractivity contribution is -0.115. The lowest BCUT2D eigenvalue weighted by Gasteiger charge is -2.35. The van der Waals surface area contributed by atoms with Crippen molar-refractivity contribution in [3.05, 3.63) is 47.8 Å². The maximum atomic E-state index is 11.5. The van der Waals surface area contributed by atoms with Gasteiger partial charge in [0.05, 0.1) is 18.3 Å². The summed E-state index contributed by atoms with van der Waals surface area (Å²) in [4.78, 5) is 30.5. The first-order valence-electron chi connectivity index (χ1n) is 8.66. The summed E-state index contributed by atoms with van der Waals surface area (Å²) in [5.74, 6) is 0.0594. The average Bonchev–Trinajstić information content (AvgIpc) is 3.02. The largest absolute Gasteiger partial charge is 0.368 e. The number of amides is 1. The van der Waals surface area contributed by atoms with Crippen LogP contribution in [-0.4, -0.2) is 47.2 Å². The molecule has 2 aliphatic rings. The van der Waals surface area contributed by atoms with Crippen molar-refractivity contribution in [2.24, 2.45) is 0 Å². The van der Waals surface area contributed by atoms with Gasteiger partial charge in [0.2, 0.25) is 5.91 Å². The highest BCUT2D eigenvalue weighted by atomic mass is 32.2. The number of fused-ring (bicyclic) bond motifs is 1. The minimum absolute atomic E-state index is 0.0102. The number of hydrogen-bond acceptors (Lipinski definition) is 6. The van der Waals surface area contributed by atoms with Crippen LogP contribution in [0.15, 0.2) is 41.4 Å². The molecule has 0 unspecified atom stereocenters. The molecule has 4 rings (SSSR count). The lowest BCUT2D eigenvalue weighted by atomic mass is 10.2. The highest BCUT2D eigenvalue weighted by Gasteiger charge is 2.21. The molecule has 1 aromatic carbocycles. The van der Waals surface area contributed by atoms with Gasteiger partial charge in [0, 0.05) is 43.7 Å². The molecule has 1 amide bonds. The van der Waals surface area contributed by atoms with E-state index in [-0.39, 0.29) is 11.7 Å². The zero-order chi connectivity index (χ0) is 18.1. The fourth-order valence-corrected chi connectivity index (χ4v) is 4.20. The first-order chi connectivity index (χ1) is 12.6. The standard InChI is InChI=1S/C19H20N4O2S/c1-13(24)17-4-2-15(12-20-17)22-6-8-23(9-7-22)26-16-3-5-18-14(10-16)11-19(25)21-18/h2-5,10,12H,6-9,11H2,1H3,(H,21,25). The predicted molar refractivity (Wildman–Crippen MR) is 103 cm³/mol. The maximum Gasteiger partial charge on any atom is 0.228 e. The van der Waals surface area contributed by atoms with Crippen molar-refractivity contribution in [1.82, 2.24) is 9.29 Å². The molecule has 2 aliphatic heterocycles. The highest BCUT2D eigenvalue weighted by Crippen LogP contribution is 2.31. The van der Waals surface area contributed by atoms with Crippen molar-refractivity contribution >= 4 is 35.0 Å². The van der Waals surface area contributed by atoms with Gasteiger partial charge in [-0.1, -0.05) is 0 Å². The van der Waals surface area contributed by atoms with Crippen LogP contribution in [0, 0.1) is 0 Å². The van der Waals surface area contributed by atoms with E-state index < -0.39 is 0 Å². The first kappa shape index (κ1) is 17.1. The van der Waals surface area contributed by atoms with Gasteiger partial charge in [0.15, 0.2) is 5.78 Å². The van der Waals surface area contributed by atoms with Crippen molar-refractivity contribution in [2.75, 3.05) is 36.4 Å². The van der Waals surface area contributed by atoms with E-state index in [1.54, 1.807) is 24.2 Å². The Morgan fingerprint density at radius 3 is 2.65 bits per heavy atom. The smallest absolute Gasteiger partial charge is 0.228 e. The van der Waals surface area contributed by atoms with Crippen LogP contribution in [0.25, 0.3) is 0 Å². The molecule has 3 heterocycles. The van der Waals surface area contributed by atoms with E-state index in [4.69, 9.17) is 0 Å². The number of pyridine rings is 1. The molecular weight excluding hydrogens is 348 g/mol. The molecule has 26 heavy (non-hydrogen) atoms. The number of carbonyl (C=O) groups is 2. The van der Waals surface area contributed by atoms with Crippen molar-refractivity contribution < 1.29 is 9.59 Å². The Balaban J connectivity index is 1.34. The SMILES string of the molecule is CC(=O)c1ccc(N2CCN(Sc3ccc4c(c3)CC(=O)N4)CC2)cn1. The fraction of sp³-hybridized carbons (Fsp3) is 0.316. The molecule has 1 saturated heterocycles. The third-order valence-electron chi connectivity index (χ3n) is 4.65. The van der Waals surface area contributed by atoms with Gasteiger partial charge in [-0.3, -0.25) is 14.6 Å². The second-order valence-electron chi connectivity index (χ2n) is 6.51. The molecular formula is C19H20N4O2S. The molecule has 2 aromatic rings. The normalized spacial score (nSPS) is 17.1. The summed E-state index contributed by atoms with van der Waals surface area (Å²) in [7, 11) is 0. The Morgan fingerprint density at radius 2 is 1.96 bits per heavy atom. The minimum Gasteiger partial charge on any atom is -0.368 e. The Kier molecular flexibility index (Phi) is 4.65. The molecule has 0 aliphatic carbocycles. The molecule has 7 heteroatoms. The molecule has 6 nitrogen and oxygen atoms in total. The van der Waals surface area contributed by atoms with E-state index in [1.807, 2.05) is 12.1 Å². The number of nitrogens with one attached hydrogen (secondary N) is 1. The van der Waals surface area contributed by atoms with E-state index in [0.717, 1.165) is 43.1 Å². The molecule has 1 aromatic heterocycles. The molecule has 1 fully saturated rings. The number of carbonyl (C=O) groups excluding carboxylic acids is 2. The predicted octanol–water partition coefficient (Wildman–Crippen LogP) is 2.61. The first-order valence-corrected chi connectivity index (χ1v) is 9.43. The van der Waals surface area contributed by atoms with Crippen LogP contribution in [0.1, 0.15) is 23.0 Å². The van der Waals surface area contributed by atoms with Crippen molar-refractivity contribution in [3.8, 4) is 0 Å². The Hall–Kier alpha value is -2.38. The van der Waals surface area contributed by atoms with Gasteiger partial charge in [-0.2, -0.15) is 0 Å². The van der Waals surface area contributed by atoms with Crippen molar-refractivity contribution in [1.29, 1.82) is 0 Å². The van der Waals surface area contributed by atoms with Gasteiger partial charge in [0.1, 0.15) is 5.69 Å². The van der Waals surface area contributed by atoms with E-state index in [9.17, 15) is 9.59 Å². The second kappa shape index (κ2) is 7.09. The number of hydrogen-bond donors (Lipinski definition) is 1. The molecule has 0 spiro atoms. The van der Waals surface area contributed by atoms with Crippen molar-refractivity contribution in [3.63, 3.8) is 0 Å². The lowest BCUT2D eigenvalue weighted by Crippen LogP contribution is -2.43. The average molecular weight is 368 g/mol. The van der Waals surface area contributed by atoms with Crippen molar-refractivity contribution in [2.45, 2.75) is 18.2 Å². The van der Waals surface area contributed by atoms with E-state index in [2.05, 4.69) is 31.6 Å². The molecule has 0 atom stereocenters. The number of ketones is 1. The number of anilines is 2. The summed E-state index contributed by atoms with van der Waals surface area (Å²) < 4.78 is 2.35. The van der Waals surface area contributed by atoms with Crippen LogP contribution in [0.4, 0.5) is 11.4 Å². The number of rotatable bonds is 4. The zero-order valence-electron chi connectivity index (χ0n) is 14.6. The summed E-state index contributed by atoms with van der Waals surface area (Å²) >= 11 is 1.74. The molecule has 1 N–H and O–H groups in total. The van der Waals surface area contributed by atoms with Crippen LogP contribution in [-0.2, 0) is 11.2 Å². The van der Waals surface area contributed by atoms with Gasteiger partial charge in [-0.15, -0.1) is 0 Å². The van der Waals surface area contributed by atoms with Crippen LogP contribution in [0.5, 0.6) is 0 Å². The number of benzene rings is 1. The Labute approximate surface area is 156 Å². The van der Waals surface area contributed by atoms with Gasteiger partial charge >= 0.3 is 0 Å². The monoisotopic (exact) mass is 368 g/mol. The number of nitrogens with zero attached hydrogens (tertiary/aromatic N) is 3. The highest BCUT2D eigenvalue weighted by molar-refractivity contribution is 7.97. The van der Waals surface area contributed by atoms with Gasteiger partial charge in [-0.05, 0) is 47.8 Å². The van der Waals surface area contributed by atoms with Crippen LogP contribution >= 0.6 is 11.9 Å². The fourth-order valence-electron chi connectivity index (χ4n) is 3.23. The second-order valence-corrected chi connectivity index (χ2v) is 7.68. The summed E-state index contributed by atoms with van der Waals surface area (Å²) in [6.45, 7) is 5.24. The Morgan fingerprint density at radius 1 is 1.15 bits per heavy atom. The van der Waals surface area contributed by atoms with Crippen LogP contribution < -0.4 is 10.2 Å². The summed E-state index contributed by atoms with van der Waals surface area (Å²) in [6, 6.07) is 9.91. The summed E-state index contributed by atoms with van der Waals surface area (Å²) in [6.07, 6.45) is 2.25. The molecule has 134 valence electrons. The molecule has 0 bridgehead atoms. The Bertz CT molecular complexity index is 845. The maximum absolute atomic E-state index is 11.5. The van der Waals surface area contributed by atoms with Crippen LogP contribution in [0.2, 0.25) is 0 Å². The summed E-state index contributed by atoms with van der Waals surface area (Å²) in [5.41, 5.74) is 3.58. The minimum atomic E-state index is -0.0102. The quantitative estimate of drug-likeness (QED) is 0.661. The van der Waals surface area contributed by atoms with Gasteiger partial charge in [0.25, 0.3) is 0 Å². The van der Waals surface area contributed by atoms with E-state index in [0.29, 0.717) is 12.1 Å². The zero-order valence-corrected chi connectivity index (χ0v) is 15.4. The topological polar surface area (TPSA) is 65.5 Å². The molecule has 0 saturated carbocycles. The number of aromatic nitrogens is 1. The third-order valence-corrected chi connectivity index (χ3v) is 5.74. The third kappa shape index (κ3) is 3.59. The van der Waals surface area contributed by atoms with E-state index >= 15 is 0 Å².